The van der Waals surface area contributed by atoms with Crippen molar-refractivity contribution in [3.05, 3.63) is 0 Å². The third-order valence-corrected chi connectivity index (χ3v) is 4.35. The molecule has 0 spiro atoms. The lowest BCUT2D eigenvalue weighted by Gasteiger charge is -2.36. The molecule has 2 aliphatic rings. The van der Waals surface area contributed by atoms with Crippen molar-refractivity contribution in [1.82, 2.24) is 15.5 Å². The van der Waals surface area contributed by atoms with Gasteiger partial charge in [-0.25, -0.2) is 4.79 Å². The van der Waals surface area contributed by atoms with Crippen LogP contribution in [0.4, 0.5) is 4.79 Å². The summed E-state index contributed by atoms with van der Waals surface area (Å²) < 4.78 is 0. The number of nitrogens with zero attached hydrogens (tertiary/aromatic N) is 1. The van der Waals surface area contributed by atoms with E-state index in [-0.39, 0.29) is 30.4 Å². The van der Waals surface area contributed by atoms with Crippen LogP contribution in [0.15, 0.2) is 0 Å². The highest BCUT2D eigenvalue weighted by atomic mass is 16.4. The maximum absolute atomic E-state index is 12.3. The number of rotatable bonds is 5. The topological polar surface area (TPSA) is 98.7 Å². The molecule has 21 heavy (non-hydrogen) atoms. The number of urea groups is 1. The van der Waals surface area contributed by atoms with E-state index in [1.165, 1.54) is 0 Å². The molecule has 0 radical (unpaired) electrons. The van der Waals surface area contributed by atoms with E-state index in [2.05, 4.69) is 10.6 Å². The molecule has 0 saturated carbocycles. The molecule has 0 aromatic carbocycles. The van der Waals surface area contributed by atoms with Gasteiger partial charge in [-0.1, -0.05) is 13.3 Å². The van der Waals surface area contributed by atoms with E-state index >= 15 is 0 Å². The molecular weight excluding hydrogens is 274 g/mol. The smallest absolute Gasteiger partial charge is 0.317 e. The summed E-state index contributed by atoms with van der Waals surface area (Å²) in [6.07, 6.45) is 2.93. The van der Waals surface area contributed by atoms with E-state index in [0.717, 1.165) is 19.3 Å². The van der Waals surface area contributed by atoms with E-state index in [9.17, 15) is 14.4 Å². The number of fused-ring (bicyclic) bond motifs is 1. The van der Waals surface area contributed by atoms with Crippen LogP contribution in [-0.4, -0.2) is 53.6 Å². The van der Waals surface area contributed by atoms with E-state index in [4.69, 9.17) is 5.11 Å². The van der Waals surface area contributed by atoms with E-state index < -0.39 is 11.9 Å². The van der Waals surface area contributed by atoms with Crippen LogP contribution in [-0.2, 0) is 9.59 Å². The van der Waals surface area contributed by atoms with Gasteiger partial charge in [0.05, 0.1) is 17.9 Å². The average Bonchev–Trinajstić information content (AvgIpc) is 2.84. The highest BCUT2D eigenvalue weighted by Gasteiger charge is 2.42. The molecule has 0 aromatic heterocycles. The Morgan fingerprint density at radius 2 is 2.29 bits per heavy atom. The first-order valence-corrected chi connectivity index (χ1v) is 7.59. The second-order valence-electron chi connectivity index (χ2n) is 5.76. The van der Waals surface area contributed by atoms with Gasteiger partial charge in [0.2, 0.25) is 5.91 Å². The quantitative estimate of drug-likeness (QED) is 0.684. The van der Waals surface area contributed by atoms with E-state index in [0.29, 0.717) is 19.5 Å². The van der Waals surface area contributed by atoms with Gasteiger partial charge in [0, 0.05) is 19.6 Å². The van der Waals surface area contributed by atoms with E-state index in [1.54, 1.807) is 4.90 Å². The van der Waals surface area contributed by atoms with Gasteiger partial charge in [-0.2, -0.15) is 0 Å². The lowest BCUT2D eigenvalue weighted by Crippen LogP contribution is -2.53. The zero-order valence-electron chi connectivity index (χ0n) is 12.3. The minimum atomic E-state index is -0.883. The van der Waals surface area contributed by atoms with Crippen LogP contribution < -0.4 is 10.6 Å². The summed E-state index contributed by atoms with van der Waals surface area (Å²) in [6, 6.07) is -0.357. The van der Waals surface area contributed by atoms with Gasteiger partial charge >= 0.3 is 12.0 Å². The summed E-state index contributed by atoms with van der Waals surface area (Å²) in [6.45, 7) is 3.17. The Hall–Kier alpha value is -1.79. The van der Waals surface area contributed by atoms with Crippen LogP contribution in [0.5, 0.6) is 0 Å². The third-order valence-electron chi connectivity index (χ3n) is 4.35. The predicted molar refractivity (Wildman–Crippen MR) is 75.7 cm³/mol. The van der Waals surface area contributed by atoms with Crippen LogP contribution >= 0.6 is 0 Å². The molecule has 0 aliphatic carbocycles. The number of nitrogens with one attached hydrogen (secondary N) is 2. The number of carbonyl (C=O) groups excluding carboxylic acids is 2. The van der Waals surface area contributed by atoms with Crippen LogP contribution in [0.1, 0.15) is 32.6 Å². The highest BCUT2D eigenvalue weighted by molar-refractivity contribution is 5.84. The molecule has 2 rings (SSSR count). The number of carboxylic acids is 1. The molecule has 2 aliphatic heterocycles. The van der Waals surface area contributed by atoms with Gasteiger partial charge in [0.1, 0.15) is 0 Å². The fraction of sp³-hybridized carbons (Fsp3) is 0.786. The standard InChI is InChI=1S/C14H23N3O4/c1-2-4-9(13(19)20)7-16-14(21)17-6-3-5-10-11(17)8-15-12(10)18/h9-11H,2-8H2,1H3,(H,15,18)(H,16,21)(H,19,20). The molecule has 0 bridgehead atoms. The lowest BCUT2D eigenvalue weighted by atomic mass is 9.92. The molecule has 3 unspecified atom stereocenters. The van der Waals surface area contributed by atoms with Crippen molar-refractivity contribution >= 4 is 17.9 Å². The Morgan fingerprint density at radius 3 is 2.95 bits per heavy atom. The fourth-order valence-electron chi connectivity index (χ4n) is 3.18. The number of piperidine rings is 1. The van der Waals surface area contributed by atoms with Crippen LogP contribution in [0, 0.1) is 11.8 Å². The second kappa shape index (κ2) is 6.78. The van der Waals surface area contributed by atoms with Gasteiger partial charge in [0.15, 0.2) is 0 Å². The molecule has 0 aromatic rings. The average molecular weight is 297 g/mol. The van der Waals surface area contributed by atoms with Crippen molar-refractivity contribution in [2.24, 2.45) is 11.8 Å². The van der Waals surface area contributed by atoms with Crippen molar-refractivity contribution in [1.29, 1.82) is 0 Å². The Morgan fingerprint density at radius 1 is 1.52 bits per heavy atom. The third kappa shape index (κ3) is 3.46. The van der Waals surface area contributed by atoms with Gasteiger partial charge < -0.3 is 20.6 Å². The first-order chi connectivity index (χ1) is 10.0. The SMILES string of the molecule is CCCC(CNC(=O)N1CCCC2C(=O)NCC21)C(=O)O. The summed E-state index contributed by atoms with van der Waals surface area (Å²) in [5.74, 6) is -1.53. The first-order valence-electron chi connectivity index (χ1n) is 7.59. The molecule has 7 nitrogen and oxygen atoms in total. The minimum Gasteiger partial charge on any atom is -0.481 e. The Bertz CT molecular complexity index is 426. The maximum Gasteiger partial charge on any atom is 0.317 e. The molecule has 2 saturated heterocycles. The van der Waals surface area contributed by atoms with Crippen LogP contribution in [0.25, 0.3) is 0 Å². The Balaban J connectivity index is 1.90. The molecule has 2 heterocycles. The van der Waals surface area contributed by atoms with Crippen LogP contribution in [0.2, 0.25) is 0 Å². The van der Waals surface area contributed by atoms with E-state index in [1.807, 2.05) is 6.92 Å². The van der Waals surface area contributed by atoms with Crippen molar-refractivity contribution in [3.63, 3.8) is 0 Å². The number of amides is 3. The molecule has 3 atom stereocenters. The predicted octanol–water partition coefficient (Wildman–Crippen LogP) is 0.407. The number of aliphatic carboxylic acids is 1. The minimum absolute atomic E-state index is 0.0203. The zero-order chi connectivity index (χ0) is 15.4. The van der Waals surface area contributed by atoms with Crippen molar-refractivity contribution in [3.8, 4) is 0 Å². The fourth-order valence-corrected chi connectivity index (χ4v) is 3.18. The molecular formula is C14H23N3O4. The normalized spacial score (nSPS) is 26.0. The summed E-state index contributed by atoms with van der Waals surface area (Å²) in [5, 5.41) is 14.6. The molecule has 3 amide bonds. The Labute approximate surface area is 124 Å². The largest absolute Gasteiger partial charge is 0.481 e. The monoisotopic (exact) mass is 297 g/mol. The molecule has 118 valence electrons. The summed E-state index contributed by atoms with van der Waals surface area (Å²) in [4.78, 5) is 36.7. The van der Waals surface area contributed by atoms with Crippen molar-refractivity contribution < 1.29 is 19.5 Å². The first kappa shape index (κ1) is 15.6. The van der Waals surface area contributed by atoms with Gasteiger partial charge in [-0.15, -0.1) is 0 Å². The zero-order valence-corrected chi connectivity index (χ0v) is 12.3. The number of carbonyl (C=O) groups is 3. The highest BCUT2D eigenvalue weighted by Crippen LogP contribution is 2.27. The number of carboxylic acid groups (broad SMARTS) is 1. The summed E-state index contributed by atoms with van der Waals surface area (Å²) in [5.41, 5.74) is 0. The van der Waals surface area contributed by atoms with Crippen molar-refractivity contribution in [2.45, 2.75) is 38.6 Å². The van der Waals surface area contributed by atoms with Crippen LogP contribution in [0.3, 0.4) is 0 Å². The molecule has 3 N–H and O–H groups in total. The molecule has 2 fully saturated rings. The van der Waals surface area contributed by atoms with Gasteiger partial charge in [-0.05, 0) is 19.3 Å². The van der Waals surface area contributed by atoms with Gasteiger partial charge in [-0.3, -0.25) is 9.59 Å². The Kier molecular flexibility index (Phi) is 5.03. The lowest BCUT2D eigenvalue weighted by molar-refractivity contribution is -0.141. The van der Waals surface area contributed by atoms with Crippen molar-refractivity contribution in [2.75, 3.05) is 19.6 Å². The number of likely N-dealkylation sites (tertiary alicyclic amines) is 1. The maximum atomic E-state index is 12.3. The second-order valence-corrected chi connectivity index (χ2v) is 5.76. The summed E-state index contributed by atoms with van der Waals surface area (Å²) >= 11 is 0. The summed E-state index contributed by atoms with van der Waals surface area (Å²) in [7, 11) is 0. The molecule has 7 heteroatoms. The number of hydrogen-bond donors (Lipinski definition) is 3. The van der Waals surface area contributed by atoms with Gasteiger partial charge in [0.25, 0.3) is 0 Å². The number of hydrogen-bond acceptors (Lipinski definition) is 3.